The molecule has 29 heavy (non-hydrogen) atoms. The molecule has 0 saturated heterocycles. The van der Waals surface area contributed by atoms with Gasteiger partial charge in [-0.15, -0.1) is 0 Å². The average molecular weight is 389 g/mol. The fourth-order valence-corrected chi connectivity index (χ4v) is 2.87. The first-order valence-electron chi connectivity index (χ1n) is 9.48. The smallest absolute Gasteiger partial charge is 0.339 e. The summed E-state index contributed by atoms with van der Waals surface area (Å²) in [5, 5.41) is 2.79. The molecule has 3 aromatic rings. The van der Waals surface area contributed by atoms with Crippen LogP contribution in [-0.4, -0.2) is 18.5 Å². The van der Waals surface area contributed by atoms with E-state index in [9.17, 15) is 9.59 Å². The van der Waals surface area contributed by atoms with Gasteiger partial charge < -0.3 is 14.8 Å². The van der Waals surface area contributed by atoms with Gasteiger partial charge in [-0.1, -0.05) is 61.5 Å². The molecule has 3 aromatic carbocycles. The summed E-state index contributed by atoms with van der Waals surface area (Å²) in [5.41, 5.74) is 2.83. The number of amides is 1. The minimum Gasteiger partial charge on any atom is -0.489 e. The zero-order valence-electron chi connectivity index (χ0n) is 16.3. The van der Waals surface area contributed by atoms with E-state index in [1.165, 1.54) is 0 Å². The predicted octanol–water partition coefficient (Wildman–Crippen LogP) is 4.62. The molecule has 3 rings (SSSR count). The van der Waals surface area contributed by atoms with Crippen LogP contribution in [0.5, 0.6) is 5.75 Å². The quantitative estimate of drug-likeness (QED) is 0.571. The summed E-state index contributed by atoms with van der Waals surface area (Å²) in [6, 6.07) is 23.9. The van der Waals surface area contributed by atoms with Gasteiger partial charge in [0.25, 0.3) is 5.91 Å². The molecule has 5 heteroatoms. The second-order valence-electron chi connectivity index (χ2n) is 6.39. The SMILES string of the molecule is CCc1ccccc1NC(=O)COC(=O)c1ccccc1COc1ccccc1. The first-order chi connectivity index (χ1) is 14.2. The van der Waals surface area contributed by atoms with E-state index in [0.717, 1.165) is 17.7 Å². The molecule has 1 amide bonds. The van der Waals surface area contributed by atoms with Crippen LogP contribution in [0.2, 0.25) is 0 Å². The lowest BCUT2D eigenvalue weighted by Gasteiger charge is -2.12. The van der Waals surface area contributed by atoms with Crippen LogP contribution in [0, 0.1) is 0 Å². The molecule has 0 aliphatic carbocycles. The maximum Gasteiger partial charge on any atom is 0.339 e. The maximum absolute atomic E-state index is 12.5. The van der Waals surface area contributed by atoms with Gasteiger partial charge >= 0.3 is 5.97 Å². The number of para-hydroxylation sites is 2. The Balaban J connectivity index is 1.58. The molecule has 0 aromatic heterocycles. The van der Waals surface area contributed by atoms with E-state index in [-0.39, 0.29) is 19.1 Å². The van der Waals surface area contributed by atoms with E-state index in [1.807, 2.05) is 67.6 Å². The highest BCUT2D eigenvalue weighted by Gasteiger charge is 2.15. The van der Waals surface area contributed by atoms with Crippen LogP contribution >= 0.6 is 0 Å². The summed E-state index contributed by atoms with van der Waals surface area (Å²) in [6.07, 6.45) is 0.797. The minimum atomic E-state index is -0.559. The molecule has 0 saturated carbocycles. The van der Waals surface area contributed by atoms with Gasteiger partial charge in [0, 0.05) is 11.3 Å². The summed E-state index contributed by atoms with van der Waals surface area (Å²) in [4.78, 5) is 24.7. The van der Waals surface area contributed by atoms with Crippen LogP contribution in [0.4, 0.5) is 5.69 Å². The molecular weight excluding hydrogens is 366 g/mol. The summed E-state index contributed by atoms with van der Waals surface area (Å²) in [5.74, 6) is -0.224. The summed E-state index contributed by atoms with van der Waals surface area (Å²) < 4.78 is 10.9. The van der Waals surface area contributed by atoms with Crippen molar-refractivity contribution >= 4 is 17.6 Å². The second kappa shape index (κ2) is 10.1. The minimum absolute atomic E-state index is 0.228. The lowest BCUT2D eigenvalue weighted by atomic mass is 10.1. The Morgan fingerprint density at radius 3 is 2.24 bits per heavy atom. The van der Waals surface area contributed by atoms with Crippen molar-refractivity contribution < 1.29 is 19.1 Å². The van der Waals surface area contributed by atoms with Crippen molar-refractivity contribution in [2.24, 2.45) is 0 Å². The number of nitrogens with one attached hydrogen (secondary N) is 1. The van der Waals surface area contributed by atoms with E-state index < -0.39 is 5.97 Å². The van der Waals surface area contributed by atoms with Crippen molar-refractivity contribution in [3.05, 3.63) is 95.6 Å². The van der Waals surface area contributed by atoms with E-state index >= 15 is 0 Å². The normalized spacial score (nSPS) is 10.2. The van der Waals surface area contributed by atoms with Crippen molar-refractivity contribution in [3.8, 4) is 5.75 Å². The fraction of sp³-hybridized carbons (Fsp3) is 0.167. The number of ether oxygens (including phenoxy) is 2. The second-order valence-corrected chi connectivity index (χ2v) is 6.39. The van der Waals surface area contributed by atoms with Crippen LogP contribution in [0.25, 0.3) is 0 Å². The summed E-state index contributed by atoms with van der Waals surface area (Å²) in [6.45, 7) is 1.88. The van der Waals surface area contributed by atoms with E-state index in [1.54, 1.807) is 18.2 Å². The average Bonchev–Trinajstić information content (AvgIpc) is 2.77. The molecule has 0 heterocycles. The topological polar surface area (TPSA) is 64.6 Å². The third kappa shape index (κ3) is 5.69. The molecule has 5 nitrogen and oxygen atoms in total. The van der Waals surface area contributed by atoms with Crippen molar-refractivity contribution in [1.29, 1.82) is 0 Å². The molecule has 0 fully saturated rings. The van der Waals surface area contributed by atoms with Gasteiger partial charge in [0.05, 0.1) is 5.56 Å². The van der Waals surface area contributed by atoms with E-state index in [0.29, 0.717) is 16.9 Å². The van der Waals surface area contributed by atoms with E-state index in [2.05, 4.69) is 5.32 Å². The van der Waals surface area contributed by atoms with Crippen molar-refractivity contribution in [1.82, 2.24) is 0 Å². The Kier molecular flexibility index (Phi) is 7.00. The molecule has 1 N–H and O–H groups in total. The molecule has 0 spiro atoms. The molecule has 0 aliphatic heterocycles. The van der Waals surface area contributed by atoms with Crippen LogP contribution in [0.3, 0.4) is 0 Å². The van der Waals surface area contributed by atoms with Crippen molar-refractivity contribution in [2.75, 3.05) is 11.9 Å². The molecule has 0 atom stereocenters. The third-order valence-corrected chi connectivity index (χ3v) is 4.38. The Bertz CT molecular complexity index is 969. The number of esters is 1. The van der Waals surface area contributed by atoms with Crippen LogP contribution in [0.1, 0.15) is 28.4 Å². The van der Waals surface area contributed by atoms with Gasteiger partial charge in [-0.3, -0.25) is 4.79 Å². The van der Waals surface area contributed by atoms with Gasteiger partial charge in [0.2, 0.25) is 0 Å². The lowest BCUT2D eigenvalue weighted by Crippen LogP contribution is -2.22. The standard InChI is InChI=1S/C24H23NO4/c1-2-18-10-7-9-15-22(18)25-23(26)17-29-24(27)21-14-8-6-11-19(21)16-28-20-12-4-3-5-13-20/h3-15H,2,16-17H2,1H3,(H,25,26). The number of aryl methyl sites for hydroxylation is 1. The number of hydrogen-bond acceptors (Lipinski definition) is 4. The van der Waals surface area contributed by atoms with Gasteiger partial charge in [0.1, 0.15) is 12.4 Å². The highest BCUT2D eigenvalue weighted by molar-refractivity contribution is 5.96. The lowest BCUT2D eigenvalue weighted by molar-refractivity contribution is -0.119. The number of anilines is 1. The van der Waals surface area contributed by atoms with Gasteiger partial charge in [0.15, 0.2) is 6.61 Å². The Morgan fingerprint density at radius 2 is 1.48 bits per heavy atom. The molecule has 148 valence electrons. The van der Waals surface area contributed by atoms with Crippen LogP contribution in [-0.2, 0) is 22.6 Å². The third-order valence-electron chi connectivity index (χ3n) is 4.38. The zero-order chi connectivity index (χ0) is 20.5. The predicted molar refractivity (Wildman–Crippen MR) is 112 cm³/mol. The van der Waals surface area contributed by atoms with Crippen molar-refractivity contribution in [2.45, 2.75) is 20.0 Å². The molecule has 0 bridgehead atoms. The Morgan fingerprint density at radius 1 is 0.828 bits per heavy atom. The first-order valence-corrected chi connectivity index (χ1v) is 9.48. The fourth-order valence-electron chi connectivity index (χ4n) is 2.87. The highest BCUT2D eigenvalue weighted by Crippen LogP contribution is 2.17. The highest BCUT2D eigenvalue weighted by atomic mass is 16.5. The van der Waals surface area contributed by atoms with Gasteiger partial charge in [-0.05, 0) is 36.2 Å². The number of hydrogen-bond donors (Lipinski definition) is 1. The molecule has 0 aliphatic rings. The zero-order valence-corrected chi connectivity index (χ0v) is 16.3. The van der Waals surface area contributed by atoms with E-state index in [4.69, 9.17) is 9.47 Å². The Hall–Kier alpha value is -3.60. The number of carbonyl (C=O) groups is 2. The number of benzene rings is 3. The molecular formula is C24H23NO4. The molecule has 0 radical (unpaired) electrons. The van der Waals surface area contributed by atoms with Crippen molar-refractivity contribution in [3.63, 3.8) is 0 Å². The number of rotatable bonds is 8. The molecule has 0 unspecified atom stereocenters. The van der Waals surface area contributed by atoms with Crippen LogP contribution < -0.4 is 10.1 Å². The monoisotopic (exact) mass is 389 g/mol. The summed E-state index contributed by atoms with van der Waals surface area (Å²) in [7, 11) is 0. The first kappa shape index (κ1) is 20.1. The summed E-state index contributed by atoms with van der Waals surface area (Å²) >= 11 is 0. The Labute approximate surface area is 170 Å². The van der Waals surface area contributed by atoms with Gasteiger partial charge in [-0.25, -0.2) is 4.79 Å². The largest absolute Gasteiger partial charge is 0.489 e. The number of carbonyl (C=O) groups excluding carboxylic acids is 2. The van der Waals surface area contributed by atoms with Crippen LogP contribution in [0.15, 0.2) is 78.9 Å². The maximum atomic E-state index is 12.5. The van der Waals surface area contributed by atoms with Gasteiger partial charge in [-0.2, -0.15) is 0 Å².